The molecule has 2 aliphatic rings. The Morgan fingerprint density at radius 3 is 2.84 bits per heavy atom. The number of nitrogens with one attached hydrogen (secondary N) is 1. The number of benzene rings is 1. The molecule has 1 saturated heterocycles. The molecule has 4 rings (SSSR count). The maximum atomic E-state index is 12.7. The van der Waals surface area contributed by atoms with Crippen molar-refractivity contribution in [2.45, 2.75) is 30.8 Å². The summed E-state index contributed by atoms with van der Waals surface area (Å²) in [6, 6.07) is 8.62. The molecule has 1 atom stereocenters. The van der Waals surface area contributed by atoms with Gasteiger partial charge in [0.15, 0.2) is 5.03 Å². The van der Waals surface area contributed by atoms with Gasteiger partial charge in [0.1, 0.15) is 0 Å². The summed E-state index contributed by atoms with van der Waals surface area (Å²) in [6.07, 6.45) is 5.90. The van der Waals surface area contributed by atoms with Gasteiger partial charge in [-0.25, -0.2) is 13.4 Å². The number of fused-ring (bicyclic) bond motifs is 1. The quantitative estimate of drug-likeness (QED) is 0.904. The molecule has 1 aromatic heterocycles. The molecule has 1 aromatic carbocycles. The zero-order valence-corrected chi connectivity index (χ0v) is 15.1. The number of aromatic amines is 1. The fraction of sp³-hybridized carbons (Fsp3) is 0.500. The van der Waals surface area contributed by atoms with Crippen LogP contribution in [0.25, 0.3) is 0 Å². The van der Waals surface area contributed by atoms with Crippen LogP contribution in [0.15, 0.2) is 41.8 Å². The molecule has 6 nitrogen and oxygen atoms in total. The van der Waals surface area contributed by atoms with E-state index in [0.717, 1.165) is 38.9 Å². The molecular weight excluding hydrogens is 336 g/mol. The van der Waals surface area contributed by atoms with Crippen molar-refractivity contribution in [3.8, 4) is 0 Å². The van der Waals surface area contributed by atoms with Crippen molar-refractivity contribution in [2.75, 3.05) is 26.2 Å². The van der Waals surface area contributed by atoms with Gasteiger partial charge in [-0.05, 0) is 36.3 Å². The summed E-state index contributed by atoms with van der Waals surface area (Å²) in [7, 11) is -3.44. The molecular formula is C18H24N4O2S. The molecule has 0 bridgehead atoms. The van der Waals surface area contributed by atoms with Crippen molar-refractivity contribution < 1.29 is 8.42 Å². The third kappa shape index (κ3) is 3.49. The minimum Gasteiger partial charge on any atom is -0.335 e. The van der Waals surface area contributed by atoms with E-state index in [9.17, 15) is 8.42 Å². The average molecular weight is 360 g/mol. The maximum Gasteiger partial charge on any atom is 0.260 e. The van der Waals surface area contributed by atoms with Gasteiger partial charge in [-0.2, -0.15) is 4.31 Å². The fourth-order valence-corrected chi connectivity index (χ4v) is 5.44. The number of sulfonamides is 1. The largest absolute Gasteiger partial charge is 0.335 e. The van der Waals surface area contributed by atoms with Crippen LogP contribution in [-0.2, 0) is 23.0 Å². The Morgan fingerprint density at radius 1 is 1.20 bits per heavy atom. The van der Waals surface area contributed by atoms with E-state index < -0.39 is 10.0 Å². The Balaban J connectivity index is 1.41. The molecule has 134 valence electrons. The highest BCUT2D eigenvalue weighted by molar-refractivity contribution is 7.89. The molecule has 3 heterocycles. The molecule has 7 heteroatoms. The molecule has 0 radical (unpaired) electrons. The van der Waals surface area contributed by atoms with E-state index in [1.807, 2.05) is 0 Å². The number of aromatic nitrogens is 2. The van der Waals surface area contributed by atoms with Gasteiger partial charge in [-0.3, -0.25) is 4.90 Å². The number of hydrogen-bond acceptors (Lipinski definition) is 4. The Morgan fingerprint density at radius 2 is 2.04 bits per heavy atom. The fourth-order valence-electron chi connectivity index (χ4n) is 3.99. The standard InChI is InChI=1S/C18H24N4O2S/c23-25(24,18-10-19-14-20-18)22-8-3-4-15(12-22)11-21-9-7-16-5-1-2-6-17(16)13-21/h1-2,5-6,10,14-15H,3-4,7-9,11-13H2,(H,19,20). The van der Waals surface area contributed by atoms with Gasteiger partial charge in [0.05, 0.1) is 12.5 Å². The first-order chi connectivity index (χ1) is 12.1. The average Bonchev–Trinajstić information content (AvgIpc) is 3.17. The van der Waals surface area contributed by atoms with Crippen molar-refractivity contribution in [2.24, 2.45) is 5.92 Å². The van der Waals surface area contributed by atoms with E-state index in [4.69, 9.17) is 0 Å². The number of imidazole rings is 1. The van der Waals surface area contributed by atoms with E-state index in [2.05, 4.69) is 39.1 Å². The van der Waals surface area contributed by atoms with Crippen molar-refractivity contribution in [3.05, 3.63) is 47.9 Å². The summed E-state index contributed by atoms with van der Waals surface area (Å²) in [6.45, 7) is 4.18. The second-order valence-corrected chi connectivity index (χ2v) is 8.95. The van der Waals surface area contributed by atoms with Gasteiger partial charge in [0, 0.05) is 32.7 Å². The van der Waals surface area contributed by atoms with Crippen LogP contribution in [0.4, 0.5) is 0 Å². The number of hydrogen-bond donors (Lipinski definition) is 1. The van der Waals surface area contributed by atoms with Crippen LogP contribution in [0.1, 0.15) is 24.0 Å². The molecule has 1 N–H and O–H groups in total. The van der Waals surface area contributed by atoms with Crippen LogP contribution in [0.3, 0.4) is 0 Å². The molecule has 0 saturated carbocycles. The van der Waals surface area contributed by atoms with Gasteiger partial charge >= 0.3 is 0 Å². The van der Waals surface area contributed by atoms with Crippen LogP contribution < -0.4 is 0 Å². The van der Waals surface area contributed by atoms with E-state index in [1.54, 1.807) is 4.31 Å². The normalized spacial score (nSPS) is 22.6. The predicted octanol–water partition coefficient (Wildman–Crippen LogP) is 1.87. The molecule has 1 fully saturated rings. The number of H-pyrrole nitrogens is 1. The Bertz CT molecular complexity index is 819. The lowest BCUT2D eigenvalue weighted by Crippen LogP contribution is -2.44. The molecule has 0 spiro atoms. The second-order valence-electron chi connectivity index (χ2n) is 7.04. The lowest BCUT2D eigenvalue weighted by Gasteiger charge is -2.36. The van der Waals surface area contributed by atoms with Crippen molar-refractivity contribution in [3.63, 3.8) is 0 Å². The summed E-state index contributed by atoms with van der Waals surface area (Å²) in [5.41, 5.74) is 2.86. The summed E-state index contributed by atoms with van der Waals surface area (Å²) < 4.78 is 27.0. The van der Waals surface area contributed by atoms with Gasteiger partial charge in [0.25, 0.3) is 10.0 Å². The number of piperidine rings is 1. The molecule has 1 unspecified atom stereocenters. The topological polar surface area (TPSA) is 69.3 Å². The lowest BCUT2D eigenvalue weighted by atomic mass is 9.95. The first-order valence-electron chi connectivity index (χ1n) is 8.90. The Hall–Kier alpha value is -1.70. The summed E-state index contributed by atoms with van der Waals surface area (Å²) in [5.74, 6) is 0.386. The SMILES string of the molecule is O=S(=O)(c1cnc[nH]1)N1CCCC(CN2CCc3ccccc3C2)C1. The first-order valence-corrected chi connectivity index (χ1v) is 10.3. The summed E-state index contributed by atoms with van der Waals surface area (Å²) in [5, 5.41) is 0.194. The maximum absolute atomic E-state index is 12.7. The second kappa shape index (κ2) is 6.90. The highest BCUT2D eigenvalue weighted by atomic mass is 32.2. The molecule has 2 aliphatic heterocycles. The predicted molar refractivity (Wildman–Crippen MR) is 95.5 cm³/mol. The number of rotatable bonds is 4. The minimum atomic E-state index is -3.44. The Labute approximate surface area is 148 Å². The smallest absolute Gasteiger partial charge is 0.260 e. The van der Waals surface area contributed by atoms with Gasteiger partial charge in [0.2, 0.25) is 0 Å². The number of nitrogens with zero attached hydrogens (tertiary/aromatic N) is 3. The third-order valence-electron chi connectivity index (χ3n) is 5.30. The zero-order valence-electron chi connectivity index (χ0n) is 14.3. The highest BCUT2D eigenvalue weighted by Crippen LogP contribution is 2.25. The Kier molecular flexibility index (Phi) is 4.62. The van der Waals surface area contributed by atoms with E-state index in [1.165, 1.54) is 23.7 Å². The van der Waals surface area contributed by atoms with Crippen molar-refractivity contribution >= 4 is 10.0 Å². The van der Waals surface area contributed by atoms with Crippen molar-refractivity contribution in [1.29, 1.82) is 0 Å². The van der Waals surface area contributed by atoms with Crippen LogP contribution in [-0.4, -0.2) is 53.8 Å². The lowest BCUT2D eigenvalue weighted by molar-refractivity contribution is 0.167. The van der Waals surface area contributed by atoms with Gasteiger partial charge in [-0.15, -0.1) is 0 Å². The van der Waals surface area contributed by atoms with Crippen LogP contribution in [0.2, 0.25) is 0 Å². The molecule has 0 amide bonds. The van der Waals surface area contributed by atoms with E-state index >= 15 is 0 Å². The van der Waals surface area contributed by atoms with Crippen LogP contribution >= 0.6 is 0 Å². The summed E-state index contributed by atoms with van der Waals surface area (Å²) >= 11 is 0. The van der Waals surface area contributed by atoms with Crippen molar-refractivity contribution in [1.82, 2.24) is 19.2 Å². The zero-order chi connectivity index (χ0) is 17.3. The highest BCUT2D eigenvalue weighted by Gasteiger charge is 2.32. The summed E-state index contributed by atoms with van der Waals surface area (Å²) in [4.78, 5) is 9.05. The first kappa shape index (κ1) is 16.8. The van der Waals surface area contributed by atoms with E-state index in [-0.39, 0.29) is 5.03 Å². The van der Waals surface area contributed by atoms with E-state index in [0.29, 0.717) is 19.0 Å². The minimum absolute atomic E-state index is 0.194. The monoisotopic (exact) mass is 360 g/mol. The van der Waals surface area contributed by atoms with Crippen LogP contribution in [0, 0.1) is 5.92 Å². The van der Waals surface area contributed by atoms with Gasteiger partial charge < -0.3 is 4.98 Å². The van der Waals surface area contributed by atoms with Gasteiger partial charge in [-0.1, -0.05) is 24.3 Å². The molecule has 0 aliphatic carbocycles. The van der Waals surface area contributed by atoms with Crippen LogP contribution in [0.5, 0.6) is 0 Å². The molecule has 2 aromatic rings. The third-order valence-corrected chi connectivity index (χ3v) is 7.09. The molecule has 25 heavy (non-hydrogen) atoms.